The van der Waals surface area contributed by atoms with Gasteiger partial charge in [0, 0.05) is 25.7 Å². The van der Waals surface area contributed by atoms with E-state index in [0.717, 1.165) is 109 Å². The summed E-state index contributed by atoms with van der Waals surface area (Å²) in [5.41, 5.74) is 0. The van der Waals surface area contributed by atoms with Crippen molar-refractivity contribution >= 4 is 39.5 Å². The quantitative estimate of drug-likeness (QED) is 0.0169. The lowest BCUT2D eigenvalue weighted by molar-refractivity contribution is -0.161. The molecule has 0 rings (SSSR count). The summed E-state index contributed by atoms with van der Waals surface area (Å²) in [7, 11) is -9.90. The number of aliphatic hydroxyl groups excluding tert-OH is 1. The van der Waals surface area contributed by atoms with Crippen LogP contribution in [0.15, 0.2) is 24.3 Å². The van der Waals surface area contributed by atoms with Crippen LogP contribution in [0, 0.1) is 0 Å². The highest BCUT2D eigenvalue weighted by atomic mass is 31.2. The lowest BCUT2D eigenvalue weighted by Gasteiger charge is -2.21. The van der Waals surface area contributed by atoms with Crippen molar-refractivity contribution in [3.8, 4) is 0 Å². The Balaban J connectivity index is 5.25. The lowest BCUT2D eigenvalue weighted by Crippen LogP contribution is -2.30. The number of hydrogen-bond acceptors (Lipinski definition) is 15. The molecule has 0 fully saturated rings. The second kappa shape index (κ2) is 63.3. The van der Waals surface area contributed by atoms with Gasteiger partial charge in [-0.05, 0) is 51.4 Å². The van der Waals surface area contributed by atoms with Crippen molar-refractivity contribution in [1.82, 2.24) is 0 Å². The molecule has 88 heavy (non-hydrogen) atoms. The predicted molar refractivity (Wildman–Crippen MR) is 354 cm³/mol. The number of carbonyl (C=O) groups is 4. The molecule has 0 amide bonds. The second-order valence-corrected chi connectivity index (χ2v) is 27.1. The van der Waals surface area contributed by atoms with Gasteiger partial charge in [0.15, 0.2) is 12.2 Å². The van der Waals surface area contributed by atoms with Crippen LogP contribution in [-0.4, -0.2) is 96.7 Å². The Bertz CT molecular complexity index is 1780. The Morgan fingerprint density at radius 3 is 0.830 bits per heavy atom. The molecule has 2 unspecified atom stereocenters. The molecular weight excluding hydrogens is 1160 g/mol. The standard InChI is InChI=1S/C69H130O17P2/c1-5-9-13-17-21-25-28-30-32-34-36-39-42-46-50-54-67(72)80-60-65(86-69(74)56-52-48-44-40-37-35-33-31-29-26-22-18-14-10-6-2)62-84-88(77,78)82-58-63(70)57-81-87(75,76)83-61-64(59-79-66(71)53-49-45-41-24-20-16-12-8-4)85-68(73)55-51-47-43-38-27-23-19-15-11-7-3/h26,29,31,33,63-65,70H,5-25,27-28,30,32,34-62H2,1-4H3,(H,75,76)(H,77,78)/b29-26-,33-31-/t63-,64+,65+/m0/s1. The molecule has 0 saturated carbocycles. The first-order chi connectivity index (χ1) is 42.7. The van der Waals surface area contributed by atoms with Crippen molar-refractivity contribution in [2.45, 2.75) is 354 Å². The van der Waals surface area contributed by atoms with E-state index in [1.807, 2.05) is 0 Å². The van der Waals surface area contributed by atoms with E-state index >= 15 is 0 Å². The summed E-state index contributed by atoms with van der Waals surface area (Å²) in [5.74, 6) is -2.16. The monoisotopic (exact) mass is 1290 g/mol. The number of unbranched alkanes of at least 4 members (excludes halogenated alkanes) is 39. The minimum absolute atomic E-state index is 0.0858. The average Bonchev–Trinajstić information content (AvgIpc) is 3.55. The molecule has 0 heterocycles. The maximum absolute atomic E-state index is 13.0. The topological polar surface area (TPSA) is 237 Å². The van der Waals surface area contributed by atoms with E-state index in [1.165, 1.54) is 148 Å². The molecule has 0 saturated heterocycles. The Hall–Kier alpha value is -2.46. The summed E-state index contributed by atoms with van der Waals surface area (Å²) in [4.78, 5) is 72.3. The van der Waals surface area contributed by atoms with Gasteiger partial charge in [-0.2, -0.15) is 0 Å². The maximum Gasteiger partial charge on any atom is 0.472 e. The van der Waals surface area contributed by atoms with Crippen LogP contribution < -0.4 is 0 Å². The van der Waals surface area contributed by atoms with Gasteiger partial charge < -0.3 is 33.8 Å². The molecule has 0 aromatic rings. The number of aliphatic hydroxyl groups is 1. The Kier molecular flexibility index (Phi) is 61.5. The number of carbonyl (C=O) groups excluding carboxylic acids is 4. The fourth-order valence-electron chi connectivity index (χ4n) is 9.98. The minimum atomic E-state index is -4.96. The molecule has 17 nitrogen and oxygen atoms in total. The number of hydrogen-bond donors (Lipinski definition) is 3. The van der Waals surface area contributed by atoms with E-state index < -0.39 is 97.5 Å². The number of rotatable bonds is 68. The Labute approximate surface area is 535 Å². The van der Waals surface area contributed by atoms with Gasteiger partial charge in [-0.15, -0.1) is 0 Å². The largest absolute Gasteiger partial charge is 0.472 e. The van der Waals surface area contributed by atoms with Crippen LogP contribution in [0.1, 0.15) is 336 Å². The average molecular weight is 1290 g/mol. The normalized spacial score (nSPS) is 14.2. The number of phosphoric acid groups is 2. The Morgan fingerprint density at radius 1 is 0.318 bits per heavy atom. The van der Waals surface area contributed by atoms with Crippen LogP contribution in [-0.2, 0) is 65.4 Å². The van der Waals surface area contributed by atoms with Crippen LogP contribution in [0.5, 0.6) is 0 Å². The molecular formula is C69H130O17P2. The number of phosphoric ester groups is 2. The zero-order chi connectivity index (χ0) is 64.7. The third kappa shape index (κ3) is 62.4. The van der Waals surface area contributed by atoms with Crippen LogP contribution >= 0.6 is 15.6 Å². The molecule has 0 aliphatic carbocycles. The van der Waals surface area contributed by atoms with E-state index in [9.17, 15) is 43.2 Å². The third-order valence-electron chi connectivity index (χ3n) is 15.5. The number of esters is 4. The van der Waals surface area contributed by atoms with Gasteiger partial charge in [0.1, 0.15) is 19.3 Å². The summed E-state index contributed by atoms with van der Waals surface area (Å²) in [5, 5.41) is 10.6. The fraction of sp³-hybridized carbons (Fsp3) is 0.884. The van der Waals surface area contributed by atoms with Crippen molar-refractivity contribution in [3.05, 3.63) is 24.3 Å². The van der Waals surface area contributed by atoms with Gasteiger partial charge in [-0.25, -0.2) is 9.13 Å². The molecule has 0 spiro atoms. The summed E-state index contributed by atoms with van der Waals surface area (Å²) < 4.78 is 68.1. The fourth-order valence-corrected chi connectivity index (χ4v) is 11.6. The first-order valence-corrected chi connectivity index (χ1v) is 38.6. The molecule has 0 aromatic heterocycles. The number of ether oxygens (including phenoxy) is 4. The number of allylic oxidation sites excluding steroid dienone is 4. The highest BCUT2D eigenvalue weighted by Gasteiger charge is 2.30. The van der Waals surface area contributed by atoms with Crippen LogP contribution in [0.4, 0.5) is 0 Å². The molecule has 19 heteroatoms. The smallest absolute Gasteiger partial charge is 0.462 e. The summed E-state index contributed by atoms with van der Waals surface area (Å²) in [6, 6.07) is 0. The van der Waals surface area contributed by atoms with Gasteiger partial charge >= 0.3 is 39.5 Å². The van der Waals surface area contributed by atoms with Crippen molar-refractivity contribution < 1.29 is 80.2 Å². The van der Waals surface area contributed by atoms with Crippen molar-refractivity contribution in [3.63, 3.8) is 0 Å². The van der Waals surface area contributed by atoms with E-state index in [2.05, 4.69) is 52.0 Å². The summed E-state index contributed by atoms with van der Waals surface area (Å²) >= 11 is 0. The lowest BCUT2D eigenvalue weighted by atomic mass is 10.0. The van der Waals surface area contributed by atoms with E-state index in [1.54, 1.807) is 0 Å². The van der Waals surface area contributed by atoms with Gasteiger partial charge in [0.05, 0.1) is 26.4 Å². The highest BCUT2D eigenvalue weighted by Crippen LogP contribution is 2.45. The van der Waals surface area contributed by atoms with E-state index in [-0.39, 0.29) is 25.7 Å². The van der Waals surface area contributed by atoms with Crippen molar-refractivity contribution in [2.75, 3.05) is 39.6 Å². The first-order valence-electron chi connectivity index (χ1n) is 35.6. The van der Waals surface area contributed by atoms with Crippen molar-refractivity contribution in [1.29, 1.82) is 0 Å². The maximum atomic E-state index is 13.0. The van der Waals surface area contributed by atoms with Gasteiger partial charge in [-0.3, -0.25) is 37.3 Å². The van der Waals surface area contributed by atoms with Crippen LogP contribution in [0.2, 0.25) is 0 Å². The first kappa shape index (κ1) is 85.5. The Morgan fingerprint density at radius 2 is 0.545 bits per heavy atom. The van der Waals surface area contributed by atoms with E-state index in [4.69, 9.17) is 37.0 Å². The SMILES string of the molecule is CCCCCC/C=C\C=C/CCCCCCCC(=O)O[C@H](COC(=O)CCCCCCCCCCCCCCCCC)COP(=O)(O)OC[C@@H](O)COP(=O)(O)OC[C@@H](COC(=O)CCCCCCCCCC)OC(=O)CCCCCCCCCCCC. The van der Waals surface area contributed by atoms with Gasteiger partial charge in [0.2, 0.25) is 0 Å². The molecule has 0 radical (unpaired) electrons. The van der Waals surface area contributed by atoms with Crippen molar-refractivity contribution in [2.24, 2.45) is 0 Å². The molecule has 0 bridgehead atoms. The predicted octanol–water partition coefficient (Wildman–Crippen LogP) is 19.4. The van der Waals surface area contributed by atoms with Crippen LogP contribution in [0.25, 0.3) is 0 Å². The second-order valence-electron chi connectivity index (χ2n) is 24.2. The summed E-state index contributed by atoms with van der Waals surface area (Å²) in [6.07, 6.45) is 53.5. The van der Waals surface area contributed by atoms with Gasteiger partial charge in [-0.1, -0.05) is 283 Å². The minimum Gasteiger partial charge on any atom is -0.462 e. The molecule has 3 N–H and O–H groups in total. The molecule has 0 aromatic carbocycles. The zero-order valence-corrected chi connectivity index (χ0v) is 58.0. The third-order valence-corrected chi connectivity index (χ3v) is 17.4. The van der Waals surface area contributed by atoms with Crippen LogP contribution in [0.3, 0.4) is 0 Å². The molecule has 5 atom stereocenters. The molecule has 518 valence electrons. The summed E-state index contributed by atoms with van der Waals surface area (Å²) in [6.45, 7) is 4.84. The molecule has 0 aliphatic heterocycles. The van der Waals surface area contributed by atoms with Gasteiger partial charge in [0.25, 0.3) is 0 Å². The highest BCUT2D eigenvalue weighted by molar-refractivity contribution is 7.47. The zero-order valence-electron chi connectivity index (χ0n) is 56.2. The van der Waals surface area contributed by atoms with E-state index in [0.29, 0.717) is 25.7 Å². The molecule has 0 aliphatic rings.